The molecule has 18 heavy (non-hydrogen) atoms. The first-order chi connectivity index (χ1) is 8.59. The normalized spacial score (nSPS) is 22.6. The number of hydrogen-bond donors (Lipinski definition) is 2. The molecule has 5 heteroatoms. The van der Waals surface area contributed by atoms with Gasteiger partial charge in [-0.1, -0.05) is 30.3 Å². The van der Waals surface area contributed by atoms with Crippen molar-refractivity contribution in [3.05, 3.63) is 35.9 Å². The SMILES string of the molecule is O=C1CCC([C@](O)(C(=O)OO)c2ccccc2)C1. The average Bonchev–Trinajstić information content (AvgIpc) is 2.85. The highest BCUT2D eigenvalue weighted by molar-refractivity contribution is 5.86. The Bertz CT molecular complexity index is 456. The van der Waals surface area contributed by atoms with Crippen molar-refractivity contribution in [3.63, 3.8) is 0 Å². The molecule has 5 nitrogen and oxygen atoms in total. The van der Waals surface area contributed by atoms with Crippen LogP contribution in [0.4, 0.5) is 0 Å². The lowest BCUT2D eigenvalue weighted by Gasteiger charge is -2.30. The van der Waals surface area contributed by atoms with Gasteiger partial charge in [0.1, 0.15) is 5.78 Å². The quantitative estimate of drug-likeness (QED) is 0.623. The third-order valence-electron chi connectivity index (χ3n) is 3.44. The summed E-state index contributed by atoms with van der Waals surface area (Å²) in [4.78, 5) is 26.7. The van der Waals surface area contributed by atoms with Gasteiger partial charge in [-0.15, -0.1) is 0 Å². The fraction of sp³-hybridized carbons (Fsp3) is 0.385. The predicted molar refractivity (Wildman–Crippen MR) is 61.4 cm³/mol. The minimum Gasteiger partial charge on any atom is -0.374 e. The molecule has 2 rings (SSSR count). The van der Waals surface area contributed by atoms with Crippen LogP contribution in [0, 0.1) is 5.92 Å². The lowest BCUT2D eigenvalue weighted by atomic mass is 9.80. The monoisotopic (exact) mass is 250 g/mol. The highest BCUT2D eigenvalue weighted by Gasteiger charge is 2.49. The second-order valence-corrected chi connectivity index (χ2v) is 4.49. The molecular weight excluding hydrogens is 236 g/mol. The number of hydrogen-bond acceptors (Lipinski definition) is 5. The van der Waals surface area contributed by atoms with E-state index < -0.39 is 17.5 Å². The van der Waals surface area contributed by atoms with E-state index in [1.54, 1.807) is 30.3 Å². The van der Waals surface area contributed by atoms with Crippen molar-refractivity contribution in [1.29, 1.82) is 0 Å². The molecule has 1 unspecified atom stereocenters. The molecule has 0 bridgehead atoms. The van der Waals surface area contributed by atoms with E-state index in [1.165, 1.54) is 0 Å². The largest absolute Gasteiger partial charge is 0.378 e. The Balaban J connectivity index is 2.41. The highest BCUT2D eigenvalue weighted by atomic mass is 17.1. The molecule has 96 valence electrons. The fourth-order valence-electron chi connectivity index (χ4n) is 2.45. The van der Waals surface area contributed by atoms with Crippen LogP contribution in [0.25, 0.3) is 0 Å². The average molecular weight is 250 g/mol. The number of benzene rings is 1. The summed E-state index contributed by atoms with van der Waals surface area (Å²) in [6.45, 7) is 0. The van der Waals surface area contributed by atoms with Crippen LogP contribution in [0.3, 0.4) is 0 Å². The molecule has 2 atom stereocenters. The van der Waals surface area contributed by atoms with E-state index in [4.69, 9.17) is 5.26 Å². The fourth-order valence-corrected chi connectivity index (χ4v) is 2.45. The van der Waals surface area contributed by atoms with E-state index in [0.29, 0.717) is 18.4 Å². The van der Waals surface area contributed by atoms with Crippen LogP contribution in [0.5, 0.6) is 0 Å². The van der Waals surface area contributed by atoms with Gasteiger partial charge in [-0.05, 0) is 12.0 Å². The molecule has 0 saturated heterocycles. The first kappa shape index (κ1) is 12.7. The van der Waals surface area contributed by atoms with Gasteiger partial charge < -0.3 is 5.11 Å². The summed E-state index contributed by atoms with van der Waals surface area (Å²) in [6, 6.07) is 8.22. The molecule has 0 spiro atoms. The van der Waals surface area contributed by atoms with Gasteiger partial charge >= 0.3 is 5.97 Å². The van der Waals surface area contributed by atoms with Gasteiger partial charge in [-0.25, -0.2) is 4.79 Å². The third-order valence-corrected chi connectivity index (χ3v) is 3.44. The van der Waals surface area contributed by atoms with E-state index >= 15 is 0 Å². The maximum Gasteiger partial charge on any atom is 0.378 e. The third kappa shape index (κ3) is 2.02. The van der Waals surface area contributed by atoms with Crippen LogP contribution in [0.1, 0.15) is 24.8 Å². The van der Waals surface area contributed by atoms with Crippen molar-refractivity contribution in [1.82, 2.24) is 0 Å². The summed E-state index contributed by atoms with van der Waals surface area (Å²) in [5.74, 6) is -1.71. The van der Waals surface area contributed by atoms with Gasteiger partial charge in [0.15, 0.2) is 5.60 Å². The predicted octanol–water partition coefficient (Wildman–Crippen LogP) is 1.26. The molecule has 1 aliphatic rings. The molecule has 1 fully saturated rings. The van der Waals surface area contributed by atoms with Crippen molar-refractivity contribution in [2.24, 2.45) is 5.92 Å². The van der Waals surface area contributed by atoms with Crippen molar-refractivity contribution >= 4 is 11.8 Å². The minimum atomic E-state index is -1.97. The summed E-state index contributed by atoms with van der Waals surface area (Å²) >= 11 is 0. The second-order valence-electron chi connectivity index (χ2n) is 4.49. The van der Waals surface area contributed by atoms with E-state index in [-0.39, 0.29) is 12.2 Å². The molecule has 1 aliphatic carbocycles. The van der Waals surface area contributed by atoms with Gasteiger partial charge in [0, 0.05) is 18.8 Å². The van der Waals surface area contributed by atoms with E-state index in [1.807, 2.05) is 0 Å². The Labute approximate surface area is 104 Å². The number of Topliss-reactive ketones (excluding diaryl/α,β-unsaturated/α-hetero) is 1. The van der Waals surface area contributed by atoms with Gasteiger partial charge in [0.25, 0.3) is 0 Å². The molecule has 0 heterocycles. The van der Waals surface area contributed by atoms with Crippen molar-refractivity contribution in [2.75, 3.05) is 0 Å². The number of carbonyl (C=O) groups is 2. The maximum atomic E-state index is 11.7. The van der Waals surface area contributed by atoms with Gasteiger partial charge in [-0.2, -0.15) is 5.26 Å². The summed E-state index contributed by atoms with van der Waals surface area (Å²) < 4.78 is 0. The van der Waals surface area contributed by atoms with Crippen LogP contribution >= 0.6 is 0 Å². The van der Waals surface area contributed by atoms with Crippen LogP contribution in [0.15, 0.2) is 30.3 Å². The molecule has 0 amide bonds. The number of carbonyl (C=O) groups excluding carboxylic acids is 2. The number of aliphatic hydroxyl groups is 1. The minimum absolute atomic E-state index is 0.0000888. The van der Waals surface area contributed by atoms with Gasteiger partial charge in [0.2, 0.25) is 0 Å². The van der Waals surface area contributed by atoms with Gasteiger partial charge in [-0.3, -0.25) is 9.68 Å². The lowest BCUT2D eigenvalue weighted by Crippen LogP contribution is -2.43. The van der Waals surface area contributed by atoms with Crippen molar-refractivity contribution in [2.45, 2.75) is 24.9 Å². The maximum absolute atomic E-state index is 11.7. The zero-order chi connectivity index (χ0) is 13.2. The molecule has 1 aromatic carbocycles. The molecule has 2 N–H and O–H groups in total. The Morgan fingerprint density at radius 2 is 2.00 bits per heavy atom. The summed E-state index contributed by atoms with van der Waals surface area (Å²) in [5, 5.41) is 19.1. The van der Waals surface area contributed by atoms with Gasteiger partial charge in [0.05, 0.1) is 0 Å². The van der Waals surface area contributed by atoms with Crippen molar-refractivity contribution < 1.29 is 24.8 Å². The number of ketones is 1. The molecule has 0 aromatic heterocycles. The second kappa shape index (κ2) is 4.88. The van der Waals surface area contributed by atoms with E-state index in [2.05, 4.69) is 4.89 Å². The van der Waals surface area contributed by atoms with E-state index in [0.717, 1.165) is 0 Å². The molecule has 1 aromatic rings. The van der Waals surface area contributed by atoms with Crippen LogP contribution in [-0.2, 0) is 20.1 Å². The zero-order valence-electron chi connectivity index (χ0n) is 9.70. The molecule has 0 radical (unpaired) electrons. The Morgan fingerprint density at radius 3 is 2.50 bits per heavy atom. The smallest absolute Gasteiger partial charge is 0.374 e. The summed E-state index contributed by atoms with van der Waals surface area (Å²) in [7, 11) is 0. The van der Waals surface area contributed by atoms with Crippen LogP contribution in [0.2, 0.25) is 0 Å². The van der Waals surface area contributed by atoms with E-state index in [9.17, 15) is 14.7 Å². The molecule has 0 aliphatic heterocycles. The Hall–Kier alpha value is -1.72. The van der Waals surface area contributed by atoms with Crippen LogP contribution in [-0.4, -0.2) is 22.1 Å². The topological polar surface area (TPSA) is 83.8 Å². The van der Waals surface area contributed by atoms with Crippen LogP contribution < -0.4 is 0 Å². The van der Waals surface area contributed by atoms with Crippen molar-refractivity contribution in [3.8, 4) is 0 Å². The highest BCUT2D eigenvalue weighted by Crippen LogP contribution is 2.40. The summed E-state index contributed by atoms with van der Waals surface area (Å²) in [5.41, 5.74) is -1.65. The molecular formula is C13H14O5. The standard InChI is InChI=1S/C13H14O5/c14-11-7-6-10(8-11)13(16,12(15)18-17)9-4-2-1-3-5-9/h1-5,10,16-17H,6-8H2/t10?,13-/m0/s1. The first-order valence-electron chi connectivity index (χ1n) is 5.74. The lowest BCUT2D eigenvalue weighted by molar-refractivity contribution is -0.257. The molecule has 1 saturated carbocycles. The summed E-state index contributed by atoms with van der Waals surface area (Å²) in [6.07, 6.45) is 0.846. The number of rotatable bonds is 3. The zero-order valence-corrected chi connectivity index (χ0v) is 9.70. The first-order valence-corrected chi connectivity index (χ1v) is 5.74. The Morgan fingerprint density at radius 1 is 1.33 bits per heavy atom. The Kier molecular flexibility index (Phi) is 3.45.